The zero-order chi connectivity index (χ0) is 13.1. The molecule has 0 unspecified atom stereocenters. The van der Waals surface area contributed by atoms with Crippen LogP contribution in [0.3, 0.4) is 0 Å². The van der Waals surface area contributed by atoms with E-state index in [2.05, 4.69) is 17.5 Å². The maximum atomic E-state index is 9.18. The summed E-state index contributed by atoms with van der Waals surface area (Å²) in [5.74, 6) is 0. The third-order valence-corrected chi connectivity index (χ3v) is 2.87. The normalized spacial score (nSPS) is 14.8. The molecule has 0 spiro atoms. The molecular weight excluding hydrogens is 224 g/mol. The largest absolute Gasteiger partial charge is 0.399 e. The van der Waals surface area contributed by atoms with Gasteiger partial charge in [-0.3, -0.25) is 0 Å². The van der Waals surface area contributed by atoms with Gasteiger partial charge in [0, 0.05) is 23.4 Å². The lowest BCUT2D eigenvalue weighted by Crippen LogP contribution is -2.18. The molecule has 0 bridgehead atoms. The number of dihydropyridines is 1. The predicted octanol–water partition coefficient (Wildman–Crippen LogP) is 2.29. The number of rotatable bonds is 1. The van der Waals surface area contributed by atoms with Gasteiger partial charge >= 0.3 is 0 Å². The van der Waals surface area contributed by atoms with Crippen LogP contribution >= 0.6 is 0 Å². The van der Waals surface area contributed by atoms with E-state index in [-0.39, 0.29) is 0 Å². The second-order valence-electron chi connectivity index (χ2n) is 4.11. The molecule has 4 heteroatoms. The maximum absolute atomic E-state index is 9.18. The Balaban J connectivity index is 2.48. The van der Waals surface area contributed by atoms with E-state index in [1.165, 1.54) is 0 Å². The summed E-state index contributed by atoms with van der Waals surface area (Å²) in [6, 6.07) is 11.6. The van der Waals surface area contributed by atoms with Crippen LogP contribution in [0.5, 0.6) is 0 Å². The third kappa shape index (κ3) is 2.05. The van der Waals surface area contributed by atoms with Crippen LogP contribution in [0.2, 0.25) is 0 Å². The van der Waals surface area contributed by atoms with Gasteiger partial charge in [-0.1, -0.05) is 12.1 Å². The summed E-state index contributed by atoms with van der Waals surface area (Å²) in [4.78, 5) is 0. The van der Waals surface area contributed by atoms with E-state index in [4.69, 9.17) is 11.0 Å². The summed E-state index contributed by atoms with van der Waals surface area (Å²) >= 11 is 0. The highest BCUT2D eigenvalue weighted by atomic mass is 14.9. The highest BCUT2D eigenvalue weighted by Gasteiger charge is 2.18. The molecule has 0 saturated heterocycles. The number of benzene rings is 1. The van der Waals surface area contributed by atoms with Crippen LogP contribution in [0.15, 0.2) is 41.1 Å². The van der Waals surface area contributed by atoms with E-state index < -0.39 is 0 Å². The summed E-state index contributed by atoms with van der Waals surface area (Å²) in [5, 5.41) is 21.3. The quantitative estimate of drug-likeness (QED) is 0.732. The summed E-state index contributed by atoms with van der Waals surface area (Å²) in [6.07, 6.45) is 0.371. The van der Waals surface area contributed by atoms with Crippen LogP contribution < -0.4 is 11.1 Å². The minimum absolute atomic E-state index is 0.371. The predicted molar refractivity (Wildman–Crippen MR) is 69.5 cm³/mol. The average Bonchev–Trinajstić information content (AvgIpc) is 2.38. The van der Waals surface area contributed by atoms with E-state index in [0.717, 1.165) is 17.0 Å². The standard InChI is InChI=1S/C14H12N4/c1-9-11(7-15)5-12(8-16)14(18-9)10-3-2-4-13(17)6-10/h2-4,6,18H,5,17H2,1H3. The van der Waals surface area contributed by atoms with Crippen LogP contribution in [-0.2, 0) is 0 Å². The van der Waals surface area contributed by atoms with Gasteiger partial charge in [0.05, 0.1) is 29.0 Å². The molecule has 0 fully saturated rings. The molecule has 1 aliphatic heterocycles. The molecule has 1 heterocycles. The van der Waals surface area contributed by atoms with Crippen LogP contribution in [-0.4, -0.2) is 0 Å². The van der Waals surface area contributed by atoms with E-state index in [1.54, 1.807) is 6.07 Å². The number of allylic oxidation sites excluding steroid dienone is 3. The van der Waals surface area contributed by atoms with Gasteiger partial charge in [-0.25, -0.2) is 0 Å². The van der Waals surface area contributed by atoms with Crippen LogP contribution in [0.1, 0.15) is 18.9 Å². The van der Waals surface area contributed by atoms with E-state index >= 15 is 0 Å². The van der Waals surface area contributed by atoms with Gasteiger partial charge in [0.25, 0.3) is 0 Å². The minimum Gasteiger partial charge on any atom is -0.399 e. The number of nitrogen functional groups attached to an aromatic ring is 1. The van der Waals surface area contributed by atoms with E-state index in [0.29, 0.717) is 23.3 Å². The SMILES string of the molecule is CC1=C(C#N)CC(C#N)=C(c2cccc(N)c2)N1. The van der Waals surface area contributed by atoms with Crippen molar-refractivity contribution in [3.05, 3.63) is 46.7 Å². The Morgan fingerprint density at radius 2 is 1.94 bits per heavy atom. The summed E-state index contributed by atoms with van der Waals surface area (Å²) in [5.41, 5.74) is 9.93. The van der Waals surface area contributed by atoms with Gasteiger partial charge in [0.2, 0.25) is 0 Å². The molecule has 0 aromatic heterocycles. The fraction of sp³-hybridized carbons (Fsp3) is 0.143. The Hall–Kier alpha value is -2.72. The first-order valence-corrected chi connectivity index (χ1v) is 5.51. The number of nitrogens with two attached hydrogens (primary N) is 1. The highest BCUT2D eigenvalue weighted by Crippen LogP contribution is 2.28. The van der Waals surface area contributed by atoms with Crippen molar-refractivity contribution in [3.63, 3.8) is 0 Å². The molecule has 1 aromatic carbocycles. The topological polar surface area (TPSA) is 85.6 Å². The average molecular weight is 236 g/mol. The number of nitrogens with one attached hydrogen (secondary N) is 1. The lowest BCUT2D eigenvalue weighted by Gasteiger charge is -2.20. The maximum Gasteiger partial charge on any atom is 0.0973 e. The van der Waals surface area contributed by atoms with Crippen molar-refractivity contribution in [2.75, 3.05) is 5.73 Å². The van der Waals surface area contributed by atoms with E-state index in [1.807, 2.05) is 25.1 Å². The zero-order valence-corrected chi connectivity index (χ0v) is 9.99. The lowest BCUT2D eigenvalue weighted by molar-refractivity contribution is 0.968. The Morgan fingerprint density at radius 3 is 2.56 bits per heavy atom. The zero-order valence-electron chi connectivity index (χ0n) is 9.99. The van der Waals surface area contributed by atoms with Gasteiger partial charge in [-0.2, -0.15) is 10.5 Å². The molecule has 0 aliphatic carbocycles. The smallest absolute Gasteiger partial charge is 0.0973 e. The van der Waals surface area contributed by atoms with Gasteiger partial charge < -0.3 is 11.1 Å². The van der Waals surface area contributed by atoms with E-state index in [9.17, 15) is 5.26 Å². The Bertz CT molecular complexity index is 638. The number of nitriles is 2. The van der Waals surface area contributed by atoms with Crippen LogP contribution in [0.25, 0.3) is 5.70 Å². The van der Waals surface area contributed by atoms with Gasteiger partial charge in [0.15, 0.2) is 0 Å². The van der Waals surface area contributed by atoms with Gasteiger partial charge in [0.1, 0.15) is 0 Å². The Labute approximate surface area is 106 Å². The number of nitrogens with zero attached hydrogens (tertiary/aromatic N) is 2. The van der Waals surface area contributed by atoms with Crippen molar-refractivity contribution in [1.82, 2.24) is 5.32 Å². The molecule has 0 amide bonds. The molecule has 0 atom stereocenters. The lowest BCUT2D eigenvalue weighted by atomic mass is 9.96. The van der Waals surface area contributed by atoms with Crippen molar-refractivity contribution in [3.8, 4) is 12.1 Å². The summed E-state index contributed by atoms with van der Waals surface area (Å²) < 4.78 is 0. The number of hydrogen-bond acceptors (Lipinski definition) is 4. The first-order chi connectivity index (χ1) is 8.65. The fourth-order valence-electron chi connectivity index (χ4n) is 1.90. The highest BCUT2D eigenvalue weighted by molar-refractivity contribution is 5.75. The second kappa shape index (κ2) is 4.65. The number of anilines is 1. The Morgan fingerprint density at radius 1 is 1.22 bits per heavy atom. The molecule has 18 heavy (non-hydrogen) atoms. The second-order valence-corrected chi connectivity index (χ2v) is 4.11. The monoisotopic (exact) mass is 236 g/mol. The van der Waals surface area contributed by atoms with Gasteiger partial charge in [-0.15, -0.1) is 0 Å². The molecule has 4 nitrogen and oxygen atoms in total. The summed E-state index contributed by atoms with van der Waals surface area (Å²) in [7, 11) is 0. The van der Waals surface area contributed by atoms with Crippen molar-refractivity contribution < 1.29 is 0 Å². The molecule has 1 aromatic rings. The summed E-state index contributed by atoms with van der Waals surface area (Å²) in [6.45, 7) is 1.83. The molecule has 3 N–H and O–H groups in total. The van der Waals surface area contributed by atoms with Crippen LogP contribution in [0.4, 0.5) is 5.69 Å². The fourth-order valence-corrected chi connectivity index (χ4v) is 1.90. The molecule has 0 saturated carbocycles. The molecule has 88 valence electrons. The molecule has 0 radical (unpaired) electrons. The van der Waals surface area contributed by atoms with Gasteiger partial charge in [-0.05, 0) is 19.1 Å². The van der Waals surface area contributed by atoms with Crippen molar-refractivity contribution in [1.29, 1.82) is 10.5 Å². The molecule has 2 rings (SSSR count). The Kier molecular flexibility index (Phi) is 3.03. The van der Waals surface area contributed by atoms with Crippen molar-refractivity contribution in [2.45, 2.75) is 13.3 Å². The first-order valence-electron chi connectivity index (χ1n) is 5.51. The van der Waals surface area contributed by atoms with Crippen molar-refractivity contribution in [2.24, 2.45) is 0 Å². The molecular formula is C14H12N4. The first kappa shape index (κ1) is 11.8. The third-order valence-electron chi connectivity index (χ3n) is 2.87. The minimum atomic E-state index is 0.371. The number of hydrogen-bond donors (Lipinski definition) is 2. The van der Waals surface area contributed by atoms with Crippen molar-refractivity contribution >= 4 is 11.4 Å². The van der Waals surface area contributed by atoms with Crippen LogP contribution in [0, 0.1) is 22.7 Å². The molecule has 1 aliphatic rings.